The summed E-state index contributed by atoms with van der Waals surface area (Å²) in [6.45, 7) is 0.449. The molecular weight excluding hydrogens is 615 g/mol. The quantitative estimate of drug-likeness (QED) is 0.144. The first-order valence-electron chi connectivity index (χ1n) is 16.7. The van der Waals surface area contributed by atoms with Gasteiger partial charge < -0.3 is 9.30 Å². The number of hydrogen-bond acceptors (Lipinski definition) is 2. The number of fused-ring (bicyclic) bond motifs is 8. The molecular formula is C44H31N3OSi. The van der Waals surface area contributed by atoms with Gasteiger partial charge in [0.25, 0.3) is 0 Å². The third-order valence-electron chi connectivity index (χ3n) is 10.2. The Hall–Kier alpha value is -6.17. The summed E-state index contributed by atoms with van der Waals surface area (Å²) < 4.78 is 10.8. The SMILES string of the molecule is c1ccc([Si](c2ccccc2)(c2ccccc2)c2ccc3c4ccccc4n(-c4ccc5nc6n(c5c4)-c4ccccc4OC6)c3c2)cc1. The Labute approximate surface area is 285 Å². The van der Waals surface area contributed by atoms with Crippen molar-refractivity contribution in [1.82, 2.24) is 14.1 Å². The molecule has 49 heavy (non-hydrogen) atoms. The van der Waals surface area contributed by atoms with Gasteiger partial charge in [-0.3, -0.25) is 4.57 Å². The van der Waals surface area contributed by atoms with Gasteiger partial charge in [0.1, 0.15) is 12.4 Å². The van der Waals surface area contributed by atoms with E-state index < -0.39 is 8.07 Å². The van der Waals surface area contributed by atoms with Crippen LogP contribution < -0.4 is 25.5 Å². The summed E-state index contributed by atoms with van der Waals surface area (Å²) in [5.74, 6) is 1.80. The predicted molar refractivity (Wildman–Crippen MR) is 203 cm³/mol. The molecule has 7 aromatic carbocycles. The average molecular weight is 646 g/mol. The molecule has 10 rings (SSSR count). The number of rotatable bonds is 5. The molecule has 0 spiro atoms. The van der Waals surface area contributed by atoms with Crippen molar-refractivity contribution in [2.24, 2.45) is 0 Å². The van der Waals surface area contributed by atoms with Crippen molar-refractivity contribution < 1.29 is 4.74 Å². The van der Waals surface area contributed by atoms with Gasteiger partial charge in [0, 0.05) is 16.5 Å². The molecule has 5 heteroatoms. The first-order valence-corrected chi connectivity index (χ1v) is 18.7. The van der Waals surface area contributed by atoms with Gasteiger partial charge in [-0.15, -0.1) is 0 Å². The van der Waals surface area contributed by atoms with Crippen molar-refractivity contribution in [2.75, 3.05) is 0 Å². The van der Waals surface area contributed by atoms with Gasteiger partial charge in [-0.25, -0.2) is 4.98 Å². The fraction of sp³-hybridized carbons (Fsp3) is 0.0227. The minimum atomic E-state index is -2.72. The molecule has 0 amide bonds. The van der Waals surface area contributed by atoms with Gasteiger partial charge in [-0.05, 0) is 63.2 Å². The first-order chi connectivity index (χ1) is 24.3. The highest BCUT2D eigenvalue weighted by molar-refractivity contribution is 7.20. The number of aromatic nitrogens is 3. The molecule has 0 fully saturated rings. The zero-order valence-corrected chi connectivity index (χ0v) is 27.7. The molecule has 232 valence electrons. The fourth-order valence-electron chi connectivity index (χ4n) is 8.07. The van der Waals surface area contributed by atoms with Crippen LogP contribution in [-0.4, -0.2) is 22.2 Å². The highest BCUT2D eigenvalue weighted by Gasteiger charge is 2.41. The topological polar surface area (TPSA) is 32.0 Å². The largest absolute Gasteiger partial charge is 0.483 e. The molecule has 0 saturated heterocycles. The lowest BCUT2D eigenvalue weighted by Gasteiger charge is -2.34. The first kappa shape index (κ1) is 27.9. The van der Waals surface area contributed by atoms with Crippen LogP contribution in [0.5, 0.6) is 5.75 Å². The van der Waals surface area contributed by atoms with E-state index >= 15 is 0 Å². The van der Waals surface area contributed by atoms with E-state index in [1.807, 2.05) is 12.1 Å². The maximum atomic E-state index is 6.07. The molecule has 0 N–H and O–H groups in total. The minimum absolute atomic E-state index is 0.449. The van der Waals surface area contributed by atoms with E-state index in [4.69, 9.17) is 9.72 Å². The highest BCUT2D eigenvalue weighted by atomic mass is 28.3. The van der Waals surface area contributed by atoms with E-state index in [2.05, 4.69) is 173 Å². The highest BCUT2D eigenvalue weighted by Crippen LogP contribution is 2.36. The fourth-order valence-corrected chi connectivity index (χ4v) is 12.8. The molecule has 1 aliphatic rings. The Morgan fingerprint density at radius 3 is 1.80 bits per heavy atom. The summed E-state index contributed by atoms with van der Waals surface area (Å²) in [5.41, 5.74) is 6.55. The lowest BCUT2D eigenvalue weighted by molar-refractivity contribution is 0.280. The third kappa shape index (κ3) is 4.12. The molecule has 3 heterocycles. The van der Waals surface area contributed by atoms with Gasteiger partial charge in [-0.2, -0.15) is 0 Å². The van der Waals surface area contributed by atoms with E-state index in [9.17, 15) is 0 Å². The maximum absolute atomic E-state index is 6.07. The maximum Gasteiger partial charge on any atom is 0.179 e. The predicted octanol–water partition coefficient (Wildman–Crippen LogP) is 7.39. The smallest absolute Gasteiger partial charge is 0.179 e. The van der Waals surface area contributed by atoms with Crippen molar-refractivity contribution in [2.45, 2.75) is 6.61 Å². The summed E-state index contributed by atoms with van der Waals surface area (Å²) in [4.78, 5) is 4.98. The Bertz CT molecular complexity index is 2560. The van der Waals surface area contributed by atoms with Gasteiger partial charge in [0.05, 0.1) is 27.8 Å². The van der Waals surface area contributed by atoms with Crippen molar-refractivity contribution in [3.05, 3.63) is 182 Å². The van der Waals surface area contributed by atoms with Gasteiger partial charge >= 0.3 is 0 Å². The Morgan fingerprint density at radius 1 is 0.469 bits per heavy atom. The van der Waals surface area contributed by atoms with Crippen molar-refractivity contribution >= 4 is 61.7 Å². The van der Waals surface area contributed by atoms with Crippen molar-refractivity contribution in [1.29, 1.82) is 0 Å². The van der Waals surface area contributed by atoms with Crippen molar-refractivity contribution in [3.8, 4) is 17.1 Å². The standard InChI is InChI=1S/C44H31N3OSi/c1-4-14-32(15-5-1)49(33-16-6-2-7-17-33,34-18-8-3-9-19-34)35-25-26-37-36-20-10-11-21-39(36)46(41(37)29-35)31-24-27-38-42(28-31)47-40-22-12-13-23-43(40)48-30-44(47)45-38/h1-29H,30H2. The van der Waals surface area contributed by atoms with Gasteiger partial charge in [0.2, 0.25) is 0 Å². The Kier molecular flexibility index (Phi) is 6.23. The minimum Gasteiger partial charge on any atom is -0.483 e. The van der Waals surface area contributed by atoms with E-state index in [-0.39, 0.29) is 0 Å². The summed E-state index contributed by atoms with van der Waals surface area (Å²) in [7, 11) is -2.72. The van der Waals surface area contributed by atoms with Gasteiger partial charge in [-0.1, -0.05) is 133 Å². The molecule has 0 unspecified atom stereocenters. The van der Waals surface area contributed by atoms with Crippen LogP contribution in [0.3, 0.4) is 0 Å². The van der Waals surface area contributed by atoms with E-state index in [1.165, 1.54) is 42.6 Å². The molecule has 0 radical (unpaired) electrons. The van der Waals surface area contributed by atoms with Gasteiger partial charge in [0.15, 0.2) is 13.9 Å². The summed E-state index contributed by atoms with van der Waals surface area (Å²) in [6, 6.07) is 64.3. The van der Waals surface area contributed by atoms with Crippen LogP contribution in [0.15, 0.2) is 176 Å². The number of benzene rings is 7. The summed E-state index contributed by atoms with van der Waals surface area (Å²) in [6.07, 6.45) is 0. The number of nitrogens with zero attached hydrogens (tertiary/aromatic N) is 3. The van der Waals surface area contributed by atoms with Crippen molar-refractivity contribution in [3.63, 3.8) is 0 Å². The van der Waals surface area contributed by atoms with E-state index in [1.54, 1.807) is 0 Å². The Balaban J connectivity index is 1.28. The van der Waals surface area contributed by atoms with E-state index in [0.717, 1.165) is 34.0 Å². The molecule has 0 aliphatic carbocycles. The summed E-state index contributed by atoms with van der Waals surface area (Å²) in [5, 5.41) is 7.92. The second-order valence-electron chi connectivity index (χ2n) is 12.7. The number of hydrogen-bond donors (Lipinski definition) is 0. The number of para-hydroxylation sites is 3. The van der Waals surface area contributed by atoms with Crippen LogP contribution in [0.2, 0.25) is 0 Å². The number of ether oxygens (including phenoxy) is 1. The van der Waals surface area contributed by atoms with Crippen LogP contribution in [0.4, 0.5) is 0 Å². The molecule has 2 aromatic heterocycles. The third-order valence-corrected chi connectivity index (χ3v) is 14.9. The molecule has 0 bridgehead atoms. The Morgan fingerprint density at radius 2 is 1.08 bits per heavy atom. The van der Waals surface area contributed by atoms with Crippen LogP contribution in [0, 0.1) is 0 Å². The second kappa shape index (κ2) is 10.9. The normalized spacial score (nSPS) is 12.6. The van der Waals surface area contributed by atoms with Crippen LogP contribution in [-0.2, 0) is 6.61 Å². The zero-order chi connectivity index (χ0) is 32.4. The van der Waals surface area contributed by atoms with Crippen LogP contribution in [0.25, 0.3) is 44.2 Å². The molecule has 9 aromatic rings. The molecule has 1 aliphatic heterocycles. The van der Waals surface area contributed by atoms with E-state index in [0.29, 0.717) is 6.61 Å². The molecule has 0 saturated carbocycles. The average Bonchev–Trinajstić information content (AvgIpc) is 3.72. The molecule has 0 atom stereocenters. The number of imidazole rings is 1. The van der Waals surface area contributed by atoms with Crippen LogP contribution >= 0.6 is 0 Å². The lowest BCUT2D eigenvalue weighted by Crippen LogP contribution is -2.74. The lowest BCUT2D eigenvalue weighted by atomic mass is 10.1. The second-order valence-corrected chi connectivity index (χ2v) is 16.5. The molecule has 4 nitrogen and oxygen atoms in total. The monoisotopic (exact) mass is 645 g/mol. The zero-order valence-electron chi connectivity index (χ0n) is 26.7. The van der Waals surface area contributed by atoms with Crippen LogP contribution in [0.1, 0.15) is 5.82 Å². The summed E-state index contributed by atoms with van der Waals surface area (Å²) >= 11 is 0.